The van der Waals surface area contributed by atoms with E-state index in [0.717, 1.165) is 37.1 Å². The molecule has 1 aliphatic carbocycles. The van der Waals surface area contributed by atoms with E-state index < -0.39 is 0 Å². The van der Waals surface area contributed by atoms with Crippen molar-refractivity contribution in [2.24, 2.45) is 10.9 Å². The number of carbonyl (C=O) groups is 1. The number of amides is 1. The van der Waals surface area contributed by atoms with Crippen LogP contribution < -0.4 is 10.6 Å². The molecule has 0 radical (unpaired) electrons. The van der Waals surface area contributed by atoms with E-state index >= 15 is 0 Å². The summed E-state index contributed by atoms with van der Waals surface area (Å²) in [5, 5.41) is 6.14. The SMILES string of the molecule is CCNC(=O)c1cccc(CN=C(NCC)N(C)CCOCC2CC2)c1. The molecule has 1 saturated carbocycles. The van der Waals surface area contributed by atoms with Crippen LogP contribution in [0.1, 0.15) is 42.6 Å². The van der Waals surface area contributed by atoms with Gasteiger partial charge in [0.05, 0.1) is 13.2 Å². The van der Waals surface area contributed by atoms with E-state index in [-0.39, 0.29) is 5.91 Å². The lowest BCUT2D eigenvalue weighted by Crippen LogP contribution is -2.40. The summed E-state index contributed by atoms with van der Waals surface area (Å²) in [6, 6.07) is 7.62. The molecule has 1 aromatic carbocycles. The Balaban J connectivity index is 1.89. The second-order valence-corrected chi connectivity index (χ2v) is 6.67. The number of nitrogens with one attached hydrogen (secondary N) is 2. The molecule has 0 spiro atoms. The van der Waals surface area contributed by atoms with Gasteiger partial charge in [-0.25, -0.2) is 4.99 Å². The lowest BCUT2D eigenvalue weighted by molar-refractivity contribution is 0.0955. The van der Waals surface area contributed by atoms with Gasteiger partial charge in [-0.15, -0.1) is 0 Å². The first-order valence-electron chi connectivity index (χ1n) is 9.58. The molecular formula is C20H32N4O2. The van der Waals surface area contributed by atoms with Crippen molar-refractivity contribution in [3.8, 4) is 0 Å². The normalized spacial score (nSPS) is 14.2. The van der Waals surface area contributed by atoms with Crippen molar-refractivity contribution in [3.05, 3.63) is 35.4 Å². The number of likely N-dealkylation sites (N-methyl/N-ethyl adjacent to an activating group) is 1. The number of ether oxygens (including phenoxy) is 1. The Labute approximate surface area is 157 Å². The predicted octanol–water partition coefficient (Wildman–Crippen LogP) is 2.26. The molecule has 2 N–H and O–H groups in total. The lowest BCUT2D eigenvalue weighted by atomic mass is 10.1. The second-order valence-electron chi connectivity index (χ2n) is 6.67. The Morgan fingerprint density at radius 1 is 1.27 bits per heavy atom. The summed E-state index contributed by atoms with van der Waals surface area (Å²) in [5.41, 5.74) is 1.69. The monoisotopic (exact) mass is 360 g/mol. The first kappa shape index (κ1) is 20.2. The summed E-state index contributed by atoms with van der Waals surface area (Å²) in [7, 11) is 2.02. The van der Waals surface area contributed by atoms with Gasteiger partial charge in [0.25, 0.3) is 5.91 Å². The van der Waals surface area contributed by atoms with Crippen molar-refractivity contribution in [3.63, 3.8) is 0 Å². The molecule has 0 bridgehead atoms. The number of carbonyl (C=O) groups excluding carboxylic acids is 1. The van der Waals surface area contributed by atoms with E-state index in [1.54, 1.807) is 0 Å². The van der Waals surface area contributed by atoms with Gasteiger partial charge >= 0.3 is 0 Å². The molecule has 0 aromatic heterocycles. The smallest absolute Gasteiger partial charge is 0.251 e. The fraction of sp³-hybridized carbons (Fsp3) is 0.600. The standard InChI is InChI=1S/C20H32N4O2/c1-4-21-19(25)18-8-6-7-17(13-18)14-23-20(22-5-2)24(3)11-12-26-15-16-9-10-16/h6-8,13,16H,4-5,9-12,14-15H2,1-3H3,(H,21,25)(H,22,23). The van der Waals surface area contributed by atoms with Crippen molar-refractivity contribution >= 4 is 11.9 Å². The zero-order valence-electron chi connectivity index (χ0n) is 16.3. The number of hydrogen-bond donors (Lipinski definition) is 2. The van der Waals surface area contributed by atoms with Gasteiger partial charge in [-0.2, -0.15) is 0 Å². The highest BCUT2D eigenvalue weighted by molar-refractivity contribution is 5.94. The minimum absolute atomic E-state index is 0.0461. The third-order valence-corrected chi connectivity index (χ3v) is 4.26. The number of guanidine groups is 1. The van der Waals surface area contributed by atoms with Gasteiger partial charge in [0.2, 0.25) is 0 Å². The Morgan fingerprint density at radius 2 is 2.04 bits per heavy atom. The van der Waals surface area contributed by atoms with Crippen molar-refractivity contribution in [2.75, 3.05) is 39.9 Å². The van der Waals surface area contributed by atoms with Gasteiger partial charge in [-0.1, -0.05) is 12.1 Å². The van der Waals surface area contributed by atoms with Crippen LogP contribution in [0.4, 0.5) is 0 Å². The topological polar surface area (TPSA) is 66.0 Å². The molecule has 2 rings (SSSR count). The average molecular weight is 361 g/mol. The molecule has 0 saturated heterocycles. The van der Waals surface area contributed by atoms with Crippen LogP contribution in [0, 0.1) is 5.92 Å². The van der Waals surface area contributed by atoms with Crippen molar-refractivity contribution < 1.29 is 9.53 Å². The minimum atomic E-state index is -0.0461. The van der Waals surface area contributed by atoms with Gasteiger partial charge in [0.1, 0.15) is 0 Å². The first-order valence-corrected chi connectivity index (χ1v) is 9.58. The molecule has 6 heteroatoms. The molecule has 1 fully saturated rings. The summed E-state index contributed by atoms with van der Waals surface area (Å²) >= 11 is 0. The van der Waals surface area contributed by atoms with Crippen LogP contribution in [0.5, 0.6) is 0 Å². The van der Waals surface area contributed by atoms with E-state index in [1.165, 1.54) is 12.8 Å². The van der Waals surface area contributed by atoms with Gasteiger partial charge in [0.15, 0.2) is 5.96 Å². The highest BCUT2D eigenvalue weighted by Crippen LogP contribution is 2.28. The molecule has 6 nitrogen and oxygen atoms in total. The quantitative estimate of drug-likeness (QED) is 0.382. The molecule has 0 heterocycles. The van der Waals surface area contributed by atoms with Crippen LogP contribution in [0.15, 0.2) is 29.3 Å². The van der Waals surface area contributed by atoms with Gasteiger partial charge in [-0.05, 0) is 50.3 Å². The molecule has 0 atom stereocenters. The van der Waals surface area contributed by atoms with Crippen molar-refractivity contribution in [1.29, 1.82) is 0 Å². The molecular weight excluding hydrogens is 328 g/mol. The van der Waals surface area contributed by atoms with Crippen LogP contribution in [-0.2, 0) is 11.3 Å². The fourth-order valence-corrected chi connectivity index (χ4v) is 2.55. The Kier molecular flexibility index (Phi) is 8.41. The maximum absolute atomic E-state index is 12.0. The second kappa shape index (κ2) is 10.8. The fourth-order valence-electron chi connectivity index (χ4n) is 2.55. The molecule has 0 aliphatic heterocycles. The summed E-state index contributed by atoms with van der Waals surface area (Å²) in [6.45, 7) is 8.34. The number of benzene rings is 1. The van der Waals surface area contributed by atoms with Crippen LogP contribution in [0.2, 0.25) is 0 Å². The van der Waals surface area contributed by atoms with E-state index in [9.17, 15) is 4.79 Å². The molecule has 26 heavy (non-hydrogen) atoms. The third kappa shape index (κ3) is 7.04. The Hall–Kier alpha value is -2.08. The van der Waals surface area contributed by atoms with E-state index in [0.29, 0.717) is 25.3 Å². The van der Waals surface area contributed by atoms with Gasteiger partial charge in [-0.3, -0.25) is 4.79 Å². The largest absolute Gasteiger partial charge is 0.379 e. The van der Waals surface area contributed by atoms with Crippen molar-refractivity contribution in [1.82, 2.24) is 15.5 Å². The first-order chi connectivity index (χ1) is 12.6. The summed E-state index contributed by atoms with van der Waals surface area (Å²) in [4.78, 5) is 18.8. The Bertz CT molecular complexity index is 599. The maximum atomic E-state index is 12.0. The average Bonchev–Trinajstić information content (AvgIpc) is 3.47. The third-order valence-electron chi connectivity index (χ3n) is 4.26. The van der Waals surface area contributed by atoms with E-state index in [1.807, 2.05) is 38.2 Å². The molecule has 1 amide bonds. The summed E-state index contributed by atoms with van der Waals surface area (Å²) in [5.74, 6) is 1.60. The highest BCUT2D eigenvalue weighted by Gasteiger charge is 2.21. The summed E-state index contributed by atoms with van der Waals surface area (Å²) < 4.78 is 5.72. The highest BCUT2D eigenvalue weighted by atomic mass is 16.5. The summed E-state index contributed by atoms with van der Waals surface area (Å²) in [6.07, 6.45) is 2.63. The molecule has 0 unspecified atom stereocenters. The van der Waals surface area contributed by atoms with E-state index in [4.69, 9.17) is 9.73 Å². The van der Waals surface area contributed by atoms with Crippen molar-refractivity contribution in [2.45, 2.75) is 33.2 Å². The van der Waals surface area contributed by atoms with Crippen LogP contribution in [0.3, 0.4) is 0 Å². The van der Waals surface area contributed by atoms with Crippen LogP contribution in [0.25, 0.3) is 0 Å². The van der Waals surface area contributed by atoms with E-state index in [2.05, 4.69) is 22.5 Å². The number of aliphatic imine (C=N–C) groups is 1. The Morgan fingerprint density at radius 3 is 2.73 bits per heavy atom. The maximum Gasteiger partial charge on any atom is 0.251 e. The zero-order valence-corrected chi connectivity index (χ0v) is 16.3. The molecule has 1 aliphatic rings. The predicted molar refractivity (Wildman–Crippen MR) is 105 cm³/mol. The van der Waals surface area contributed by atoms with Gasteiger partial charge < -0.3 is 20.3 Å². The lowest BCUT2D eigenvalue weighted by Gasteiger charge is -2.22. The van der Waals surface area contributed by atoms with Gasteiger partial charge in [0, 0.05) is 38.9 Å². The zero-order chi connectivity index (χ0) is 18.8. The number of nitrogens with zero attached hydrogens (tertiary/aromatic N) is 2. The molecule has 144 valence electrons. The van der Waals surface area contributed by atoms with Crippen LogP contribution in [-0.4, -0.2) is 56.7 Å². The molecule has 1 aromatic rings. The minimum Gasteiger partial charge on any atom is -0.379 e. The number of rotatable bonds is 10. The van der Waals surface area contributed by atoms with Crippen LogP contribution >= 0.6 is 0 Å². The number of hydrogen-bond acceptors (Lipinski definition) is 3.